The van der Waals surface area contributed by atoms with Crippen LogP contribution in [0.2, 0.25) is 0 Å². The maximum absolute atomic E-state index is 12.9. The van der Waals surface area contributed by atoms with Gasteiger partial charge >= 0.3 is 0 Å². The van der Waals surface area contributed by atoms with E-state index in [0.717, 1.165) is 12.1 Å². The molecule has 19 heavy (non-hydrogen) atoms. The zero-order chi connectivity index (χ0) is 14.3. The smallest absolute Gasteiger partial charge is 0.129 e. The molecule has 0 bridgehead atoms. The van der Waals surface area contributed by atoms with Crippen molar-refractivity contribution in [3.8, 4) is 5.75 Å². The average molecular weight is 273 g/mol. The average Bonchev–Trinajstić information content (AvgIpc) is 2.33. The zero-order valence-corrected chi connectivity index (χ0v) is 9.91. The van der Waals surface area contributed by atoms with Crippen LogP contribution in [0.5, 0.6) is 5.75 Å². The Bertz CT molecular complexity index is 446. The number of hydrogen-bond donors (Lipinski definition) is 2. The Labute approximate surface area is 107 Å². The molecule has 0 radical (unpaired) electrons. The van der Waals surface area contributed by atoms with Gasteiger partial charge in [-0.15, -0.1) is 0 Å². The monoisotopic (exact) mass is 273 g/mol. The van der Waals surface area contributed by atoms with Crippen molar-refractivity contribution in [2.24, 2.45) is 5.11 Å². The molecule has 2 unspecified atom stereocenters. The van der Waals surface area contributed by atoms with Gasteiger partial charge in [0.25, 0.3) is 0 Å². The second-order valence-corrected chi connectivity index (χ2v) is 3.77. The van der Waals surface area contributed by atoms with E-state index in [1.165, 1.54) is 0 Å². The minimum Gasteiger partial charge on any atom is -0.493 e. The molecular weight excluding hydrogens is 260 g/mol. The van der Waals surface area contributed by atoms with Crippen LogP contribution in [0.3, 0.4) is 0 Å². The van der Waals surface area contributed by atoms with Crippen LogP contribution in [-0.2, 0) is 0 Å². The molecule has 0 aliphatic carbocycles. The van der Waals surface area contributed by atoms with Crippen molar-refractivity contribution in [2.45, 2.75) is 18.6 Å². The Hall–Kier alpha value is -1.89. The lowest BCUT2D eigenvalue weighted by atomic mass is 10.1. The summed E-state index contributed by atoms with van der Waals surface area (Å²) >= 11 is 0. The predicted molar refractivity (Wildman–Crippen MR) is 62.5 cm³/mol. The normalized spacial score (nSPS) is 13.5. The van der Waals surface area contributed by atoms with Crippen molar-refractivity contribution in [1.29, 1.82) is 0 Å². The molecular formula is C11H13F2N3O3. The van der Waals surface area contributed by atoms with Crippen LogP contribution in [-0.4, -0.2) is 35.6 Å². The van der Waals surface area contributed by atoms with Gasteiger partial charge in [0.2, 0.25) is 0 Å². The third kappa shape index (κ3) is 5.09. The van der Waals surface area contributed by atoms with Gasteiger partial charge < -0.3 is 14.9 Å². The van der Waals surface area contributed by atoms with Crippen molar-refractivity contribution in [3.63, 3.8) is 0 Å². The van der Waals surface area contributed by atoms with Gasteiger partial charge in [-0.2, -0.15) is 0 Å². The zero-order valence-electron chi connectivity index (χ0n) is 9.91. The van der Waals surface area contributed by atoms with Crippen LogP contribution >= 0.6 is 0 Å². The lowest BCUT2D eigenvalue weighted by Crippen LogP contribution is -2.30. The molecule has 0 fully saturated rings. The molecule has 0 heterocycles. The van der Waals surface area contributed by atoms with Gasteiger partial charge in [0, 0.05) is 29.7 Å². The molecule has 1 aromatic carbocycles. The third-order valence-corrected chi connectivity index (χ3v) is 2.33. The van der Waals surface area contributed by atoms with Crippen molar-refractivity contribution in [1.82, 2.24) is 0 Å². The van der Waals surface area contributed by atoms with Gasteiger partial charge in [-0.25, -0.2) is 8.78 Å². The van der Waals surface area contributed by atoms with Crippen molar-refractivity contribution >= 4 is 0 Å². The summed E-state index contributed by atoms with van der Waals surface area (Å²) in [5, 5.41) is 21.6. The van der Waals surface area contributed by atoms with E-state index < -0.39 is 23.8 Å². The molecule has 1 rings (SSSR count). The Morgan fingerprint density at radius 3 is 2.47 bits per heavy atom. The summed E-state index contributed by atoms with van der Waals surface area (Å²) in [5.41, 5.74) is 8.35. The minimum atomic E-state index is -1.10. The summed E-state index contributed by atoms with van der Waals surface area (Å²) in [6, 6.07) is 1.67. The Kier molecular flexibility index (Phi) is 6.01. The maximum Gasteiger partial charge on any atom is 0.129 e. The van der Waals surface area contributed by atoms with Gasteiger partial charge in [-0.3, -0.25) is 0 Å². The first-order chi connectivity index (χ1) is 9.06. The highest BCUT2D eigenvalue weighted by molar-refractivity contribution is 5.23. The fraction of sp³-hybridized carbons (Fsp3) is 0.455. The molecule has 0 saturated carbocycles. The summed E-state index contributed by atoms with van der Waals surface area (Å²) in [5.74, 6) is -1.68. The summed E-state index contributed by atoms with van der Waals surface area (Å²) < 4.78 is 30.9. The topological polar surface area (TPSA) is 98.5 Å². The third-order valence-electron chi connectivity index (χ3n) is 2.33. The quantitative estimate of drug-likeness (QED) is 0.450. The molecule has 2 atom stereocenters. The number of benzene rings is 1. The van der Waals surface area contributed by atoms with E-state index in [0.29, 0.717) is 6.07 Å². The van der Waals surface area contributed by atoms with Crippen LogP contribution in [0.4, 0.5) is 8.78 Å². The molecule has 0 spiro atoms. The van der Waals surface area contributed by atoms with Gasteiger partial charge in [0.1, 0.15) is 17.4 Å². The van der Waals surface area contributed by atoms with E-state index in [-0.39, 0.29) is 25.4 Å². The van der Waals surface area contributed by atoms with E-state index in [2.05, 4.69) is 10.0 Å². The van der Waals surface area contributed by atoms with E-state index in [1.807, 2.05) is 0 Å². The number of halogens is 2. The van der Waals surface area contributed by atoms with E-state index >= 15 is 0 Å². The molecule has 0 aromatic heterocycles. The molecule has 104 valence electrons. The first kappa shape index (κ1) is 15.2. The van der Waals surface area contributed by atoms with Crippen LogP contribution in [0.15, 0.2) is 23.3 Å². The number of azide groups is 1. The molecule has 0 aliphatic heterocycles. The number of ether oxygens (including phenoxy) is 1. The molecule has 0 amide bonds. The van der Waals surface area contributed by atoms with Crippen molar-refractivity contribution < 1.29 is 23.7 Å². The highest BCUT2D eigenvalue weighted by Gasteiger charge is 2.18. The summed E-state index contributed by atoms with van der Waals surface area (Å²) in [4.78, 5) is 2.54. The number of hydrogen-bond acceptors (Lipinski definition) is 4. The number of nitrogens with zero attached hydrogens (tertiary/aromatic N) is 3. The predicted octanol–water partition coefficient (Wildman–Crippen LogP) is 1.77. The Morgan fingerprint density at radius 2 is 1.95 bits per heavy atom. The molecule has 1 aromatic rings. The van der Waals surface area contributed by atoms with Crippen LogP contribution < -0.4 is 4.74 Å². The second kappa shape index (κ2) is 7.52. The highest BCUT2D eigenvalue weighted by Crippen LogP contribution is 2.16. The fourth-order valence-corrected chi connectivity index (χ4v) is 1.41. The van der Waals surface area contributed by atoms with Gasteiger partial charge in [-0.1, -0.05) is 5.11 Å². The van der Waals surface area contributed by atoms with E-state index in [4.69, 9.17) is 15.4 Å². The molecule has 2 N–H and O–H groups in total. The second-order valence-electron chi connectivity index (χ2n) is 3.77. The highest BCUT2D eigenvalue weighted by atomic mass is 19.1. The van der Waals surface area contributed by atoms with Crippen molar-refractivity contribution in [2.75, 3.05) is 13.2 Å². The first-order valence-corrected chi connectivity index (χ1v) is 5.49. The first-order valence-electron chi connectivity index (χ1n) is 5.49. The lowest BCUT2D eigenvalue weighted by molar-refractivity contribution is 0.0887. The summed E-state index contributed by atoms with van der Waals surface area (Å²) in [6.45, 7) is -0.540. The fourth-order valence-electron chi connectivity index (χ4n) is 1.41. The summed E-state index contributed by atoms with van der Waals surface area (Å²) in [6.07, 6.45) is -1.09. The van der Waals surface area contributed by atoms with E-state index in [1.54, 1.807) is 0 Å². The molecule has 8 heteroatoms. The Balaban J connectivity index is 2.67. The standard InChI is InChI=1S/C11H13F2N3O3/c12-7-3-8(13)5-9(4-7)19-6-10(15-16-14)11(18)1-2-17/h3-5,10-11,17-18H,1-2,6H2. The number of aliphatic hydroxyl groups excluding tert-OH is 2. The number of aliphatic hydroxyl groups is 2. The van der Waals surface area contributed by atoms with Crippen LogP contribution in [0, 0.1) is 11.6 Å². The van der Waals surface area contributed by atoms with E-state index in [9.17, 15) is 13.9 Å². The van der Waals surface area contributed by atoms with Gasteiger partial charge in [0.05, 0.1) is 18.8 Å². The van der Waals surface area contributed by atoms with Crippen LogP contribution in [0.1, 0.15) is 6.42 Å². The molecule has 0 saturated heterocycles. The minimum absolute atomic E-state index is 0.00452. The molecule has 6 nitrogen and oxygen atoms in total. The van der Waals surface area contributed by atoms with Crippen LogP contribution in [0.25, 0.3) is 10.4 Å². The molecule has 0 aliphatic rings. The Morgan fingerprint density at radius 1 is 1.32 bits per heavy atom. The number of rotatable bonds is 7. The maximum atomic E-state index is 12.9. The van der Waals surface area contributed by atoms with Gasteiger partial charge in [0.15, 0.2) is 0 Å². The SMILES string of the molecule is [N-]=[N+]=NC(COc1cc(F)cc(F)c1)C(O)CCO. The van der Waals surface area contributed by atoms with Gasteiger partial charge in [-0.05, 0) is 12.0 Å². The van der Waals surface area contributed by atoms with Crippen molar-refractivity contribution in [3.05, 3.63) is 40.3 Å². The lowest BCUT2D eigenvalue weighted by Gasteiger charge is -2.18. The summed E-state index contributed by atoms with van der Waals surface area (Å²) in [7, 11) is 0. The largest absolute Gasteiger partial charge is 0.493 e.